The number of hydrogen-bond donors (Lipinski definition) is 0. The summed E-state index contributed by atoms with van der Waals surface area (Å²) in [5.41, 5.74) is 3.13. The molecule has 0 bridgehead atoms. The highest BCUT2D eigenvalue weighted by molar-refractivity contribution is 9.10. The van der Waals surface area contributed by atoms with Gasteiger partial charge in [-0.3, -0.25) is 0 Å². The molecule has 0 fully saturated rings. The fourth-order valence-electron chi connectivity index (χ4n) is 2.46. The van der Waals surface area contributed by atoms with Crippen LogP contribution in [0.1, 0.15) is 37.5 Å². The second-order valence-electron chi connectivity index (χ2n) is 7.03. The van der Waals surface area contributed by atoms with Crippen molar-refractivity contribution in [2.24, 2.45) is 0 Å². The summed E-state index contributed by atoms with van der Waals surface area (Å²) in [4.78, 5) is 12.1. The van der Waals surface area contributed by atoms with Gasteiger partial charge in [-0.15, -0.1) is 0 Å². The molecule has 0 radical (unpaired) electrons. The van der Waals surface area contributed by atoms with Crippen molar-refractivity contribution in [3.63, 3.8) is 0 Å². The van der Waals surface area contributed by atoms with E-state index < -0.39 is 5.97 Å². The number of carbonyl (C=O) groups excluding carboxylic acids is 1. The zero-order valence-electron chi connectivity index (χ0n) is 15.1. The molecule has 2 aromatic rings. The van der Waals surface area contributed by atoms with Crippen molar-refractivity contribution in [1.82, 2.24) is 0 Å². The van der Waals surface area contributed by atoms with E-state index in [1.807, 2.05) is 38.1 Å². The third kappa shape index (κ3) is 5.32. The highest BCUT2D eigenvalue weighted by Crippen LogP contribution is 2.32. The highest BCUT2D eigenvalue weighted by atomic mass is 79.9. The Labute approximate surface area is 166 Å². The second kappa shape index (κ2) is 7.92. The van der Waals surface area contributed by atoms with Crippen LogP contribution in [0.25, 0.3) is 0 Å². The molecule has 0 heterocycles. The van der Waals surface area contributed by atoms with Gasteiger partial charge in [0.15, 0.2) is 6.61 Å². The Bertz CT molecular complexity index is 769. The first-order chi connectivity index (χ1) is 11.6. The molecule has 0 saturated carbocycles. The predicted octanol–water partition coefficient (Wildman–Crippen LogP) is 6.11. The maximum atomic E-state index is 12.1. The third-order valence-corrected chi connectivity index (χ3v) is 4.86. The molecule has 0 atom stereocenters. The van der Waals surface area contributed by atoms with Crippen LogP contribution in [-0.2, 0) is 10.2 Å². The van der Waals surface area contributed by atoms with Gasteiger partial charge in [0.05, 0.1) is 4.47 Å². The van der Waals surface area contributed by atoms with Gasteiger partial charge in [0.2, 0.25) is 0 Å². The fraction of sp³-hybridized carbons (Fsp3) is 0.350. The Morgan fingerprint density at radius 2 is 1.64 bits per heavy atom. The monoisotopic (exact) mass is 468 g/mol. The fourth-order valence-corrected chi connectivity index (χ4v) is 3.60. The molecule has 0 saturated heterocycles. The third-order valence-electron chi connectivity index (χ3n) is 3.78. The van der Waals surface area contributed by atoms with Crippen molar-refractivity contribution < 1.29 is 14.3 Å². The van der Waals surface area contributed by atoms with Gasteiger partial charge in [0.1, 0.15) is 11.5 Å². The molecule has 0 aromatic heterocycles. The molecule has 0 aliphatic rings. The highest BCUT2D eigenvalue weighted by Gasteiger charge is 2.17. The number of hydrogen-bond acceptors (Lipinski definition) is 3. The van der Waals surface area contributed by atoms with Crippen LogP contribution in [0.2, 0.25) is 0 Å². The average molecular weight is 470 g/mol. The van der Waals surface area contributed by atoms with Crippen molar-refractivity contribution in [2.75, 3.05) is 6.61 Å². The molecule has 3 nitrogen and oxygen atoms in total. The van der Waals surface area contributed by atoms with Gasteiger partial charge in [0, 0.05) is 4.47 Å². The van der Waals surface area contributed by atoms with Crippen LogP contribution < -0.4 is 9.47 Å². The van der Waals surface area contributed by atoms with Crippen LogP contribution in [0.5, 0.6) is 11.5 Å². The quantitative estimate of drug-likeness (QED) is 0.400. The Morgan fingerprint density at radius 3 is 2.16 bits per heavy atom. The van der Waals surface area contributed by atoms with E-state index in [-0.39, 0.29) is 12.0 Å². The molecular weight excluding hydrogens is 448 g/mol. The van der Waals surface area contributed by atoms with Gasteiger partial charge in [-0.1, -0.05) is 42.8 Å². The lowest BCUT2D eigenvalue weighted by atomic mass is 9.87. The zero-order valence-corrected chi connectivity index (χ0v) is 18.2. The molecular formula is C20H22Br2O3. The maximum Gasteiger partial charge on any atom is 0.349 e. The van der Waals surface area contributed by atoms with Crippen LogP contribution >= 0.6 is 31.9 Å². The molecule has 25 heavy (non-hydrogen) atoms. The van der Waals surface area contributed by atoms with E-state index in [0.29, 0.717) is 11.5 Å². The van der Waals surface area contributed by atoms with Gasteiger partial charge >= 0.3 is 5.97 Å². The minimum atomic E-state index is -0.439. The SMILES string of the molecule is Cc1cc(Br)cc(C)c1OCC(=O)Oc1ccc(C(C)(C)C)cc1Br. The molecule has 0 unspecified atom stereocenters. The minimum absolute atomic E-state index is 0.0325. The van der Waals surface area contributed by atoms with Crippen molar-refractivity contribution >= 4 is 37.8 Å². The largest absolute Gasteiger partial charge is 0.481 e. The number of benzene rings is 2. The first-order valence-electron chi connectivity index (χ1n) is 7.98. The molecule has 134 valence electrons. The Balaban J connectivity index is 2.04. The summed E-state index contributed by atoms with van der Waals surface area (Å²) < 4.78 is 12.8. The lowest BCUT2D eigenvalue weighted by Gasteiger charge is -2.20. The van der Waals surface area contributed by atoms with Crippen LogP contribution in [0, 0.1) is 13.8 Å². The van der Waals surface area contributed by atoms with Gasteiger partial charge in [0.25, 0.3) is 0 Å². The van der Waals surface area contributed by atoms with Crippen molar-refractivity contribution in [3.05, 3.63) is 56.0 Å². The van der Waals surface area contributed by atoms with E-state index in [4.69, 9.17) is 9.47 Å². The van der Waals surface area contributed by atoms with E-state index in [1.165, 1.54) is 0 Å². The van der Waals surface area contributed by atoms with Gasteiger partial charge in [-0.05, 0) is 76.1 Å². The normalized spacial score (nSPS) is 11.3. The molecule has 0 aliphatic carbocycles. The van der Waals surface area contributed by atoms with E-state index in [9.17, 15) is 4.79 Å². The molecule has 0 N–H and O–H groups in total. The van der Waals surface area contributed by atoms with Crippen molar-refractivity contribution in [1.29, 1.82) is 0 Å². The van der Waals surface area contributed by atoms with E-state index in [2.05, 4.69) is 52.6 Å². The van der Waals surface area contributed by atoms with Crippen LogP contribution in [0.4, 0.5) is 0 Å². The van der Waals surface area contributed by atoms with Crippen molar-refractivity contribution in [3.8, 4) is 11.5 Å². The number of carbonyl (C=O) groups is 1. The number of ether oxygens (including phenoxy) is 2. The number of aryl methyl sites for hydroxylation is 2. The molecule has 2 rings (SSSR count). The summed E-state index contributed by atoms with van der Waals surface area (Å²) in [6.07, 6.45) is 0. The minimum Gasteiger partial charge on any atom is -0.481 e. The standard InChI is InChI=1S/C20H22Br2O3/c1-12-8-15(21)9-13(2)19(12)24-11-18(23)25-17-7-6-14(10-16(17)22)20(3,4)5/h6-10H,11H2,1-5H3. The summed E-state index contributed by atoms with van der Waals surface area (Å²) in [5.74, 6) is 0.763. The van der Waals surface area contributed by atoms with Crippen molar-refractivity contribution in [2.45, 2.75) is 40.0 Å². The number of halogens is 2. The molecule has 0 spiro atoms. The summed E-state index contributed by atoms with van der Waals surface area (Å²) in [6.45, 7) is 10.2. The van der Waals surface area contributed by atoms with E-state index in [0.717, 1.165) is 25.6 Å². The van der Waals surface area contributed by atoms with Gasteiger partial charge in [-0.25, -0.2) is 4.79 Å². The first kappa shape index (κ1) is 20.0. The smallest absolute Gasteiger partial charge is 0.349 e. The number of esters is 1. The number of rotatable bonds is 4. The summed E-state index contributed by atoms with van der Waals surface area (Å²) in [6, 6.07) is 9.66. The van der Waals surface area contributed by atoms with E-state index >= 15 is 0 Å². The Hall–Kier alpha value is -1.33. The molecule has 0 aliphatic heterocycles. The van der Waals surface area contributed by atoms with Crippen LogP contribution in [-0.4, -0.2) is 12.6 Å². The van der Waals surface area contributed by atoms with Crippen LogP contribution in [0.3, 0.4) is 0 Å². The van der Waals surface area contributed by atoms with Gasteiger partial charge < -0.3 is 9.47 Å². The lowest BCUT2D eigenvalue weighted by Crippen LogP contribution is -2.19. The molecule has 5 heteroatoms. The second-order valence-corrected chi connectivity index (χ2v) is 8.80. The topological polar surface area (TPSA) is 35.5 Å². The summed E-state index contributed by atoms with van der Waals surface area (Å²) in [5, 5.41) is 0. The maximum absolute atomic E-state index is 12.1. The average Bonchev–Trinajstić information content (AvgIpc) is 2.47. The van der Waals surface area contributed by atoms with Crippen LogP contribution in [0.15, 0.2) is 39.3 Å². The summed E-state index contributed by atoms with van der Waals surface area (Å²) >= 11 is 6.92. The molecule has 0 amide bonds. The molecule has 2 aromatic carbocycles. The predicted molar refractivity (Wildman–Crippen MR) is 108 cm³/mol. The van der Waals surface area contributed by atoms with E-state index in [1.54, 1.807) is 6.07 Å². The Morgan fingerprint density at radius 1 is 1.04 bits per heavy atom. The lowest BCUT2D eigenvalue weighted by molar-refractivity contribution is -0.136. The summed E-state index contributed by atoms with van der Waals surface area (Å²) in [7, 11) is 0. The van der Waals surface area contributed by atoms with Gasteiger partial charge in [-0.2, -0.15) is 0 Å². The Kier molecular flexibility index (Phi) is 6.33. The zero-order chi connectivity index (χ0) is 18.8. The first-order valence-corrected chi connectivity index (χ1v) is 9.57.